The Morgan fingerprint density at radius 3 is 2.47 bits per heavy atom. The van der Waals surface area contributed by atoms with E-state index in [1.807, 2.05) is 43.0 Å². The average molecular weight is 264 g/mol. The fraction of sp³-hybridized carbons (Fsp3) is 0.533. The minimum Gasteiger partial charge on any atom is -0.497 e. The van der Waals surface area contributed by atoms with Crippen molar-refractivity contribution in [2.45, 2.75) is 26.8 Å². The summed E-state index contributed by atoms with van der Waals surface area (Å²) in [5, 5.41) is 0. The molecular formula is C15H24N2O2. The molecule has 1 aromatic carbocycles. The number of benzene rings is 1. The Balaban J connectivity index is 2.62. The molecule has 0 aromatic heterocycles. The molecule has 4 nitrogen and oxygen atoms in total. The van der Waals surface area contributed by atoms with Gasteiger partial charge in [-0.1, -0.05) is 19.1 Å². The minimum atomic E-state index is 0.163. The van der Waals surface area contributed by atoms with Crippen LogP contribution < -0.4 is 10.5 Å². The molecule has 1 atom stereocenters. The summed E-state index contributed by atoms with van der Waals surface area (Å²) >= 11 is 0. The number of methoxy groups -OCH3 is 1. The summed E-state index contributed by atoms with van der Waals surface area (Å²) in [6.07, 6.45) is 0.514. The molecule has 0 fully saturated rings. The highest BCUT2D eigenvalue weighted by Gasteiger charge is 2.14. The van der Waals surface area contributed by atoms with Gasteiger partial charge in [0.1, 0.15) is 5.75 Å². The van der Waals surface area contributed by atoms with Crippen molar-refractivity contribution < 1.29 is 9.53 Å². The van der Waals surface area contributed by atoms with Crippen LogP contribution in [0.25, 0.3) is 0 Å². The van der Waals surface area contributed by atoms with Crippen LogP contribution in [-0.4, -0.2) is 31.0 Å². The third-order valence-electron chi connectivity index (χ3n) is 3.19. The van der Waals surface area contributed by atoms with Crippen molar-refractivity contribution >= 4 is 5.91 Å². The monoisotopic (exact) mass is 264 g/mol. The van der Waals surface area contributed by atoms with Gasteiger partial charge in [0.15, 0.2) is 0 Å². The molecule has 0 spiro atoms. The summed E-state index contributed by atoms with van der Waals surface area (Å²) in [7, 11) is 1.64. The van der Waals surface area contributed by atoms with Gasteiger partial charge in [0.2, 0.25) is 5.91 Å². The molecule has 106 valence electrons. The first-order chi connectivity index (χ1) is 9.10. The van der Waals surface area contributed by atoms with Crippen molar-refractivity contribution in [3.63, 3.8) is 0 Å². The largest absolute Gasteiger partial charge is 0.497 e. The smallest absolute Gasteiger partial charge is 0.223 e. The maximum atomic E-state index is 12.1. The normalized spacial score (nSPS) is 12.0. The van der Waals surface area contributed by atoms with E-state index in [4.69, 9.17) is 10.5 Å². The van der Waals surface area contributed by atoms with Crippen molar-refractivity contribution in [3.05, 3.63) is 29.8 Å². The van der Waals surface area contributed by atoms with Gasteiger partial charge < -0.3 is 15.4 Å². The molecule has 1 unspecified atom stereocenters. The van der Waals surface area contributed by atoms with Crippen molar-refractivity contribution in [1.29, 1.82) is 0 Å². The van der Waals surface area contributed by atoms with Crippen LogP contribution in [0, 0.1) is 5.92 Å². The lowest BCUT2D eigenvalue weighted by Gasteiger charge is -2.22. The van der Waals surface area contributed by atoms with Gasteiger partial charge in [0, 0.05) is 19.5 Å². The number of hydrogen-bond acceptors (Lipinski definition) is 3. The predicted molar refractivity (Wildman–Crippen MR) is 76.9 cm³/mol. The Bertz CT molecular complexity index is 390. The molecule has 1 aromatic rings. The quantitative estimate of drug-likeness (QED) is 0.820. The van der Waals surface area contributed by atoms with Crippen molar-refractivity contribution in [3.8, 4) is 5.75 Å². The number of ether oxygens (including phenoxy) is 1. The van der Waals surface area contributed by atoms with Crippen LogP contribution in [0.15, 0.2) is 24.3 Å². The molecule has 0 heterocycles. The Kier molecular flexibility index (Phi) is 6.36. The predicted octanol–water partition coefficient (Wildman–Crippen LogP) is 2.03. The Morgan fingerprint density at radius 2 is 2.00 bits per heavy atom. The van der Waals surface area contributed by atoms with Gasteiger partial charge in [0.05, 0.1) is 7.11 Å². The third-order valence-corrected chi connectivity index (χ3v) is 3.19. The maximum absolute atomic E-state index is 12.1. The lowest BCUT2D eigenvalue weighted by Crippen LogP contribution is -2.32. The molecule has 0 aliphatic carbocycles. The number of hydrogen-bond donors (Lipinski definition) is 1. The molecule has 0 aliphatic heterocycles. The SMILES string of the molecule is CCN(Cc1ccc(OC)cc1)C(=O)CC(C)CN. The van der Waals surface area contributed by atoms with E-state index >= 15 is 0 Å². The van der Waals surface area contributed by atoms with Crippen LogP contribution >= 0.6 is 0 Å². The molecule has 4 heteroatoms. The lowest BCUT2D eigenvalue weighted by molar-refractivity contribution is -0.132. The average Bonchev–Trinajstić information content (AvgIpc) is 2.44. The molecule has 0 saturated carbocycles. The van der Waals surface area contributed by atoms with Crippen LogP contribution in [0.3, 0.4) is 0 Å². The highest BCUT2D eigenvalue weighted by atomic mass is 16.5. The molecule has 0 saturated heterocycles. The van der Waals surface area contributed by atoms with Crippen LogP contribution in [0.1, 0.15) is 25.8 Å². The summed E-state index contributed by atoms with van der Waals surface area (Å²) in [5.41, 5.74) is 6.67. The van der Waals surface area contributed by atoms with E-state index in [1.54, 1.807) is 7.11 Å². The molecule has 1 rings (SSSR count). The van der Waals surface area contributed by atoms with Gasteiger partial charge in [-0.2, -0.15) is 0 Å². The van der Waals surface area contributed by atoms with Gasteiger partial charge >= 0.3 is 0 Å². The number of nitrogens with zero attached hydrogens (tertiary/aromatic N) is 1. The fourth-order valence-electron chi connectivity index (χ4n) is 1.84. The first kappa shape index (κ1) is 15.5. The second kappa shape index (κ2) is 7.79. The Labute approximate surface area is 115 Å². The number of amides is 1. The van der Waals surface area contributed by atoms with E-state index in [9.17, 15) is 4.79 Å². The number of nitrogens with two attached hydrogens (primary N) is 1. The number of carbonyl (C=O) groups is 1. The van der Waals surface area contributed by atoms with Crippen LogP contribution in [0.4, 0.5) is 0 Å². The van der Waals surface area contributed by atoms with Gasteiger partial charge in [-0.25, -0.2) is 0 Å². The van der Waals surface area contributed by atoms with Gasteiger partial charge in [-0.3, -0.25) is 4.79 Å². The second-order valence-electron chi connectivity index (χ2n) is 4.80. The second-order valence-corrected chi connectivity index (χ2v) is 4.80. The maximum Gasteiger partial charge on any atom is 0.223 e. The Hall–Kier alpha value is -1.55. The third kappa shape index (κ3) is 4.91. The summed E-state index contributed by atoms with van der Waals surface area (Å²) in [4.78, 5) is 14.0. The summed E-state index contributed by atoms with van der Waals surface area (Å²) < 4.78 is 5.12. The van der Waals surface area contributed by atoms with E-state index in [1.165, 1.54) is 0 Å². The standard InChI is InChI=1S/C15H24N2O2/c1-4-17(15(18)9-12(2)10-16)11-13-5-7-14(19-3)8-6-13/h5-8,12H,4,9-11,16H2,1-3H3. The van der Waals surface area contributed by atoms with Crippen molar-refractivity contribution in [2.24, 2.45) is 11.7 Å². The zero-order valence-electron chi connectivity index (χ0n) is 12.1. The molecule has 19 heavy (non-hydrogen) atoms. The summed E-state index contributed by atoms with van der Waals surface area (Å²) in [5.74, 6) is 1.23. The molecule has 1 amide bonds. The molecule has 0 bridgehead atoms. The molecular weight excluding hydrogens is 240 g/mol. The zero-order chi connectivity index (χ0) is 14.3. The summed E-state index contributed by atoms with van der Waals surface area (Å²) in [6.45, 7) is 5.89. The van der Waals surface area contributed by atoms with Crippen LogP contribution in [0.2, 0.25) is 0 Å². The minimum absolute atomic E-state index is 0.163. The first-order valence-electron chi connectivity index (χ1n) is 6.71. The number of rotatable bonds is 7. The topological polar surface area (TPSA) is 55.6 Å². The van der Waals surface area contributed by atoms with E-state index in [0.717, 1.165) is 11.3 Å². The van der Waals surface area contributed by atoms with Gasteiger partial charge in [-0.05, 0) is 37.1 Å². The van der Waals surface area contributed by atoms with Crippen molar-refractivity contribution in [1.82, 2.24) is 4.90 Å². The Morgan fingerprint density at radius 1 is 1.37 bits per heavy atom. The fourth-order valence-corrected chi connectivity index (χ4v) is 1.84. The van der Waals surface area contributed by atoms with Crippen LogP contribution in [-0.2, 0) is 11.3 Å². The highest BCUT2D eigenvalue weighted by Crippen LogP contribution is 2.14. The number of carbonyl (C=O) groups excluding carboxylic acids is 1. The first-order valence-corrected chi connectivity index (χ1v) is 6.71. The van der Waals surface area contributed by atoms with E-state index < -0.39 is 0 Å². The zero-order valence-corrected chi connectivity index (χ0v) is 12.1. The van der Waals surface area contributed by atoms with Crippen LogP contribution in [0.5, 0.6) is 5.75 Å². The summed E-state index contributed by atoms with van der Waals surface area (Å²) in [6, 6.07) is 7.80. The highest BCUT2D eigenvalue weighted by molar-refractivity contribution is 5.76. The van der Waals surface area contributed by atoms with Gasteiger partial charge in [-0.15, -0.1) is 0 Å². The molecule has 0 radical (unpaired) electrons. The van der Waals surface area contributed by atoms with E-state index in [0.29, 0.717) is 26.1 Å². The van der Waals surface area contributed by atoms with Gasteiger partial charge in [0.25, 0.3) is 0 Å². The lowest BCUT2D eigenvalue weighted by atomic mass is 10.1. The molecule has 0 aliphatic rings. The van der Waals surface area contributed by atoms with E-state index in [2.05, 4.69) is 0 Å². The van der Waals surface area contributed by atoms with E-state index in [-0.39, 0.29) is 11.8 Å². The molecule has 2 N–H and O–H groups in total. The van der Waals surface area contributed by atoms with Crippen molar-refractivity contribution in [2.75, 3.05) is 20.2 Å².